The van der Waals surface area contributed by atoms with E-state index in [4.69, 9.17) is 4.42 Å². The lowest BCUT2D eigenvalue weighted by Crippen LogP contribution is -2.14. The molecule has 38 heavy (non-hydrogen) atoms. The van der Waals surface area contributed by atoms with Crippen molar-refractivity contribution in [2.45, 2.75) is 0 Å². The maximum absolute atomic E-state index is 12.7. The van der Waals surface area contributed by atoms with Gasteiger partial charge in [0.1, 0.15) is 11.2 Å². The minimum absolute atomic E-state index is 0.145. The Bertz CT molecular complexity index is 1770. The Morgan fingerprint density at radius 2 is 1.53 bits per heavy atom. The van der Waals surface area contributed by atoms with Crippen molar-refractivity contribution in [1.29, 1.82) is 0 Å². The molecule has 0 aliphatic carbocycles. The van der Waals surface area contributed by atoms with Crippen LogP contribution in [-0.2, 0) is 0 Å². The van der Waals surface area contributed by atoms with Crippen LogP contribution in [0, 0.1) is 0 Å². The van der Waals surface area contributed by atoms with Crippen LogP contribution in [0.1, 0.15) is 10.4 Å². The summed E-state index contributed by atoms with van der Waals surface area (Å²) in [4.78, 5) is 19.3. The van der Waals surface area contributed by atoms with Crippen molar-refractivity contribution < 1.29 is 9.21 Å². The molecule has 6 aromatic rings. The molecule has 0 bridgehead atoms. The second-order valence-electron chi connectivity index (χ2n) is 9.31. The first-order valence-corrected chi connectivity index (χ1v) is 12.4. The van der Waals surface area contributed by atoms with Crippen LogP contribution in [0.15, 0.2) is 114 Å². The number of amides is 1. The molecule has 2 N–H and O–H groups in total. The van der Waals surface area contributed by atoms with E-state index in [1.807, 2.05) is 110 Å². The van der Waals surface area contributed by atoms with E-state index in [-0.39, 0.29) is 5.91 Å². The van der Waals surface area contributed by atoms with Gasteiger partial charge in [0, 0.05) is 64.9 Å². The summed E-state index contributed by atoms with van der Waals surface area (Å²) in [6.07, 6.45) is 1.79. The molecule has 6 rings (SSSR count). The number of benzene rings is 4. The van der Waals surface area contributed by atoms with Crippen molar-refractivity contribution >= 4 is 50.6 Å². The number of carbonyl (C=O) groups excluding carboxylic acids is 1. The fourth-order valence-electron chi connectivity index (χ4n) is 4.54. The largest absolute Gasteiger partial charge is 0.455 e. The summed E-state index contributed by atoms with van der Waals surface area (Å²) < 4.78 is 6.19. The van der Waals surface area contributed by atoms with E-state index in [1.165, 1.54) is 0 Å². The maximum Gasteiger partial charge on any atom is 0.255 e. The van der Waals surface area contributed by atoms with E-state index in [2.05, 4.69) is 27.8 Å². The predicted octanol–water partition coefficient (Wildman–Crippen LogP) is 7.71. The Morgan fingerprint density at radius 1 is 0.763 bits per heavy atom. The molecule has 1 amide bonds. The molecule has 2 aromatic heterocycles. The smallest absolute Gasteiger partial charge is 0.255 e. The van der Waals surface area contributed by atoms with Crippen molar-refractivity contribution in [1.82, 2.24) is 4.98 Å². The van der Waals surface area contributed by atoms with Crippen molar-refractivity contribution in [3.05, 3.63) is 115 Å². The molecule has 0 atom stereocenters. The molecule has 6 heteroatoms. The number of aromatic nitrogens is 1. The second-order valence-corrected chi connectivity index (χ2v) is 9.31. The van der Waals surface area contributed by atoms with Crippen LogP contribution in [0.5, 0.6) is 0 Å². The summed E-state index contributed by atoms with van der Waals surface area (Å²) in [6.45, 7) is 0. The van der Waals surface area contributed by atoms with Gasteiger partial charge in [-0.1, -0.05) is 36.4 Å². The van der Waals surface area contributed by atoms with Crippen molar-refractivity contribution in [2.75, 3.05) is 29.6 Å². The quantitative estimate of drug-likeness (QED) is 0.246. The van der Waals surface area contributed by atoms with Gasteiger partial charge >= 0.3 is 0 Å². The Morgan fingerprint density at radius 3 is 2.37 bits per heavy atom. The van der Waals surface area contributed by atoms with Crippen LogP contribution >= 0.6 is 0 Å². The van der Waals surface area contributed by atoms with Gasteiger partial charge < -0.3 is 20.0 Å². The number of furan rings is 1. The third-order valence-corrected chi connectivity index (χ3v) is 6.50. The highest BCUT2D eigenvalue weighted by Crippen LogP contribution is 2.35. The zero-order chi connectivity index (χ0) is 26.1. The molecule has 0 saturated carbocycles. The predicted molar refractivity (Wildman–Crippen MR) is 155 cm³/mol. The SMILES string of the molecule is CN(C)c1cccc(C(=O)Nc2ccc(Nc3ccnc(-c4cccc5c4oc4ccccc45)c3)cc2)c1. The van der Waals surface area contributed by atoms with Crippen molar-refractivity contribution in [2.24, 2.45) is 0 Å². The fourth-order valence-corrected chi connectivity index (χ4v) is 4.54. The topological polar surface area (TPSA) is 70.4 Å². The molecule has 0 spiro atoms. The second kappa shape index (κ2) is 9.75. The minimum atomic E-state index is -0.145. The molecule has 6 nitrogen and oxygen atoms in total. The molecule has 2 heterocycles. The number of fused-ring (bicyclic) bond motifs is 3. The third kappa shape index (κ3) is 4.55. The van der Waals surface area contributed by atoms with Crippen LogP contribution in [0.25, 0.3) is 33.2 Å². The van der Waals surface area contributed by atoms with Gasteiger partial charge in [-0.3, -0.25) is 9.78 Å². The van der Waals surface area contributed by atoms with Gasteiger partial charge in [0.05, 0.1) is 5.69 Å². The van der Waals surface area contributed by atoms with Crippen LogP contribution in [-0.4, -0.2) is 25.0 Å². The fraction of sp³-hybridized carbons (Fsp3) is 0.0625. The van der Waals surface area contributed by atoms with E-state index in [0.29, 0.717) is 5.56 Å². The van der Waals surface area contributed by atoms with Gasteiger partial charge in [0.15, 0.2) is 0 Å². The molecule has 186 valence electrons. The first-order chi connectivity index (χ1) is 18.5. The van der Waals surface area contributed by atoms with Crippen molar-refractivity contribution in [3.8, 4) is 11.3 Å². The van der Waals surface area contributed by atoms with Gasteiger partial charge in [-0.2, -0.15) is 0 Å². The average molecular weight is 499 g/mol. The zero-order valence-electron chi connectivity index (χ0n) is 21.1. The molecule has 0 fully saturated rings. The number of rotatable bonds is 6. The molecular formula is C32H26N4O2. The minimum Gasteiger partial charge on any atom is -0.455 e. The average Bonchev–Trinajstić information content (AvgIpc) is 3.33. The molecular weight excluding hydrogens is 472 g/mol. The van der Waals surface area contributed by atoms with Crippen LogP contribution in [0.3, 0.4) is 0 Å². The highest BCUT2D eigenvalue weighted by Gasteiger charge is 2.13. The zero-order valence-corrected chi connectivity index (χ0v) is 21.1. The molecule has 0 aliphatic heterocycles. The van der Waals surface area contributed by atoms with E-state index in [1.54, 1.807) is 6.20 Å². The number of pyridine rings is 1. The van der Waals surface area contributed by atoms with Gasteiger partial charge in [-0.25, -0.2) is 0 Å². The summed E-state index contributed by atoms with van der Waals surface area (Å²) in [7, 11) is 3.90. The van der Waals surface area contributed by atoms with Gasteiger partial charge in [-0.05, 0) is 66.7 Å². The Kier molecular flexibility index (Phi) is 5.98. The number of para-hydroxylation sites is 2. The van der Waals surface area contributed by atoms with E-state index < -0.39 is 0 Å². The van der Waals surface area contributed by atoms with E-state index in [0.717, 1.165) is 55.9 Å². The molecule has 0 aliphatic rings. The number of anilines is 4. The summed E-state index contributed by atoms with van der Waals surface area (Å²) >= 11 is 0. The molecule has 0 saturated heterocycles. The Hall–Kier alpha value is -5.10. The normalized spacial score (nSPS) is 11.0. The lowest BCUT2D eigenvalue weighted by atomic mass is 10.1. The summed E-state index contributed by atoms with van der Waals surface area (Å²) in [5.74, 6) is -0.145. The van der Waals surface area contributed by atoms with Gasteiger partial charge in [-0.15, -0.1) is 0 Å². The van der Waals surface area contributed by atoms with E-state index in [9.17, 15) is 4.79 Å². The third-order valence-electron chi connectivity index (χ3n) is 6.50. The summed E-state index contributed by atoms with van der Waals surface area (Å²) in [5, 5.41) is 8.57. The Balaban J connectivity index is 1.20. The van der Waals surface area contributed by atoms with Gasteiger partial charge in [0.25, 0.3) is 5.91 Å². The monoisotopic (exact) mass is 498 g/mol. The summed E-state index contributed by atoms with van der Waals surface area (Å²) in [5.41, 5.74) is 7.58. The highest BCUT2D eigenvalue weighted by molar-refractivity contribution is 6.09. The standard InChI is InChI=1S/C32H26N4O2/c1-36(2)25-8-5-7-21(19-25)32(37)35-23-15-13-22(14-16-23)34-24-17-18-33-29(20-24)28-11-6-10-27-26-9-3-4-12-30(26)38-31(27)28/h3-20H,1-2H3,(H,33,34)(H,35,37). The maximum atomic E-state index is 12.7. The number of nitrogens with one attached hydrogen (secondary N) is 2. The number of hydrogen-bond donors (Lipinski definition) is 2. The number of hydrogen-bond acceptors (Lipinski definition) is 5. The lowest BCUT2D eigenvalue weighted by molar-refractivity contribution is 0.102. The summed E-state index contributed by atoms with van der Waals surface area (Å²) in [6, 6.07) is 33.3. The molecule has 0 radical (unpaired) electrons. The Labute approximate surface area is 220 Å². The van der Waals surface area contributed by atoms with Crippen LogP contribution in [0.2, 0.25) is 0 Å². The lowest BCUT2D eigenvalue weighted by Gasteiger charge is -2.14. The van der Waals surface area contributed by atoms with Crippen LogP contribution < -0.4 is 15.5 Å². The number of carbonyl (C=O) groups is 1. The first kappa shape index (κ1) is 23.3. The first-order valence-electron chi connectivity index (χ1n) is 12.4. The molecule has 4 aromatic carbocycles. The van der Waals surface area contributed by atoms with Gasteiger partial charge in [0.2, 0.25) is 0 Å². The molecule has 0 unspecified atom stereocenters. The highest BCUT2D eigenvalue weighted by atomic mass is 16.3. The van der Waals surface area contributed by atoms with Crippen LogP contribution in [0.4, 0.5) is 22.7 Å². The van der Waals surface area contributed by atoms with E-state index >= 15 is 0 Å². The number of nitrogens with zero attached hydrogens (tertiary/aromatic N) is 2. The van der Waals surface area contributed by atoms with Crippen molar-refractivity contribution in [3.63, 3.8) is 0 Å².